The first-order chi connectivity index (χ1) is 6.99. The molecule has 0 aliphatic heterocycles. The van der Waals surface area contributed by atoms with Crippen LogP contribution < -0.4 is 5.32 Å². The Hall–Kier alpha value is -0.700. The van der Waals surface area contributed by atoms with E-state index in [9.17, 15) is 9.59 Å². The molecule has 0 saturated carbocycles. The van der Waals surface area contributed by atoms with Crippen molar-refractivity contribution in [3.63, 3.8) is 0 Å². The number of nitrogens with one attached hydrogen (secondary N) is 1. The Kier molecular flexibility index (Phi) is 7.22. The van der Waals surface area contributed by atoms with Crippen molar-refractivity contribution in [3.8, 4) is 0 Å². The van der Waals surface area contributed by atoms with Crippen LogP contribution in [0.3, 0.4) is 0 Å². The molecule has 88 valence electrons. The fourth-order valence-electron chi connectivity index (χ4n) is 1.32. The largest absolute Gasteiger partial charge is 0.307 e. The Balaban J connectivity index is 3.95. The second kappa shape index (κ2) is 7.57. The van der Waals surface area contributed by atoms with Crippen molar-refractivity contribution in [2.24, 2.45) is 5.92 Å². The molecule has 0 amide bonds. The highest BCUT2D eigenvalue weighted by atomic mass is 16.1. The number of carbonyl (C=O) groups is 2. The lowest BCUT2D eigenvalue weighted by molar-refractivity contribution is -0.122. The van der Waals surface area contributed by atoms with Crippen molar-refractivity contribution in [1.29, 1.82) is 0 Å². The molecule has 0 aliphatic rings. The molecule has 0 rings (SSSR count). The topological polar surface area (TPSA) is 46.2 Å². The molecule has 0 aromatic carbocycles. The van der Waals surface area contributed by atoms with Crippen molar-refractivity contribution < 1.29 is 9.59 Å². The first-order valence-corrected chi connectivity index (χ1v) is 5.73. The monoisotopic (exact) mass is 213 g/mol. The average Bonchev–Trinajstić information content (AvgIpc) is 2.16. The lowest BCUT2D eigenvalue weighted by Gasteiger charge is -2.17. The Bertz CT molecular complexity index is 214. The Morgan fingerprint density at radius 2 is 1.80 bits per heavy atom. The van der Waals surface area contributed by atoms with Crippen molar-refractivity contribution in [2.45, 2.75) is 53.0 Å². The maximum atomic E-state index is 11.3. The molecule has 3 heteroatoms. The molecular weight excluding hydrogens is 190 g/mol. The minimum atomic E-state index is -0.0771. The lowest BCUT2D eigenvalue weighted by Crippen LogP contribution is -2.39. The molecule has 0 aliphatic carbocycles. The zero-order chi connectivity index (χ0) is 11.8. The van der Waals surface area contributed by atoms with E-state index in [1.165, 1.54) is 0 Å². The van der Waals surface area contributed by atoms with Gasteiger partial charge in [0, 0.05) is 12.5 Å². The normalized spacial score (nSPS) is 14.7. The third kappa shape index (κ3) is 6.39. The number of ketones is 2. The Labute approximate surface area is 92.6 Å². The summed E-state index contributed by atoms with van der Waals surface area (Å²) < 4.78 is 0. The molecule has 0 aromatic heterocycles. The number of unbranched alkanes of at least 4 members (excludes halogenated alkanes) is 1. The molecule has 0 heterocycles. The van der Waals surface area contributed by atoms with E-state index < -0.39 is 0 Å². The van der Waals surface area contributed by atoms with E-state index in [0.29, 0.717) is 6.54 Å². The van der Waals surface area contributed by atoms with Crippen molar-refractivity contribution in [1.82, 2.24) is 5.32 Å². The summed E-state index contributed by atoms with van der Waals surface area (Å²) in [4.78, 5) is 22.3. The fraction of sp³-hybridized carbons (Fsp3) is 0.833. The van der Waals surface area contributed by atoms with Crippen molar-refractivity contribution in [3.05, 3.63) is 0 Å². The molecule has 0 fully saturated rings. The quantitative estimate of drug-likeness (QED) is 0.670. The number of rotatable bonds is 8. The summed E-state index contributed by atoms with van der Waals surface area (Å²) in [6.45, 7) is 7.78. The zero-order valence-electron chi connectivity index (χ0n) is 10.3. The Morgan fingerprint density at radius 1 is 1.20 bits per heavy atom. The van der Waals surface area contributed by atoms with Gasteiger partial charge >= 0.3 is 0 Å². The van der Waals surface area contributed by atoms with Crippen LogP contribution in [0.15, 0.2) is 0 Å². The van der Waals surface area contributed by atoms with E-state index in [0.717, 1.165) is 19.3 Å². The smallest absolute Gasteiger partial charge is 0.146 e. The molecule has 0 spiro atoms. The number of carbonyl (C=O) groups excluding carboxylic acids is 2. The first kappa shape index (κ1) is 14.3. The third-order valence-corrected chi connectivity index (χ3v) is 2.70. The highest BCUT2D eigenvalue weighted by molar-refractivity contribution is 5.81. The third-order valence-electron chi connectivity index (χ3n) is 2.70. The van der Waals surface area contributed by atoms with Gasteiger partial charge < -0.3 is 5.32 Å². The summed E-state index contributed by atoms with van der Waals surface area (Å²) in [6, 6.07) is -0.0771. The van der Waals surface area contributed by atoms with E-state index in [1.54, 1.807) is 13.8 Å². The van der Waals surface area contributed by atoms with Gasteiger partial charge in [-0.25, -0.2) is 0 Å². The van der Waals surface area contributed by atoms with Crippen LogP contribution in [0.4, 0.5) is 0 Å². The van der Waals surface area contributed by atoms with Crippen LogP contribution in [-0.2, 0) is 9.59 Å². The van der Waals surface area contributed by atoms with Crippen molar-refractivity contribution in [2.75, 3.05) is 6.54 Å². The molecular formula is C12H23NO2. The molecule has 0 unspecified atom stereocenters. The van der Waals surface area contributed by atoms with Gasteiger partial charge in [0.2, 0.25) is 0 Å². The van der Waals surface area contributed by atoms with Crippen LogP contribution >= 0.6 is 0 Å². The van der Waals surface area contributed by atoms with Gasteiger partial charge in [0.05, 0.1) is 6.04 Å². The van der Waals surface area contributed by atoms with Gasteiger partial charge in [-0.1, -0.05) is 26.7 Å². The van der Waals surface area contributed by atoms with Crippen LogP contribution in [0, 0.1) is 5.92 Å². The van der Waals surface area contributed by atoms with Crippen LogP contribution in [0.25, 0.3) is 0 Å². The molecule has 0 radical (unpaired) electrons. The minimum Gasteiger partial charge on any atom is -0.307 e. The molecule has 2 atom stereocenters. The van der Waals surface area contributed by atoms with Crippen LogP contribution in [0.2, 0.25) is 0 Å². The molecule has 0 aromatic rings. The molecule has 3 nitrogen and oxygen atoms in total. The summed E-state index contributed by atoms with van der Waals surface area (Å²) in [7, 11) is 0. The van der Waals surface area contributed by atoms with E-state index in [1.807, 2.05) is 6.92 Å². The van der Waals surface area contributed by atoms with Gasteiger partial charge in [-0.3, -0.25) is 9.59 Å². The second-order valence-corrected chi connectivity index (χ2v) is 4.23. The standard InChI is InChI=1S/C12H23NO2/c1-5-6-7-12(11(4)15)13-8-9(2)10(3)14/h9,12-13H,5-8H2,1-4H3/t9-,12+/m0/s1. The van der Waals surface area contributed by atoms with Crippen molar-refractivity contribution >= 4 is 11.6 Å². The van der Waals surface area contributed by atoms with E-state index >= 15 is 0 Å². The lowest BCUT2D eigenvalue weighted by atomic mass is 10.0. The molecule has 0 bridgehead atoms. The average molecular weight is 213 g/mol. The van der Waals surface area contributed by atoms with Gasteiger partial charge in [0.1, 0.15) is 11.6 Å². The van der Waals surface area contributed by atoms with E-state index in [2.05, 4.69) is 12.2 Å². The summed E-state index contributed by atoms with van der Waals surface area (Å²) in [5.41, 5.74) is 0. The number of hydrogen-bond acceptors (Lipinski definition) is 3. The number of hydrogen-bond donors (Lipinski definition) is 1. The predicted molar refractivity (Wildman–Crippen MR) is 61.8 cm³/mol. The summed E-state index contributed by atoms with van der Waals surface area (Å²) >= 11 is 0. The Morgan fingerprint density at radius 3 is 2.20 bits per heavy atom. The second-order valence-electron chi connectivity index (χ2n) is 4.23. The summed E-state index contributed by atoms with van der Waals surface area (Å²) in [6.07, 6.45) is 3.01. The van der Waals surface area contributed by atoms with Crippen LogP contribution in [0.1, 0.15) is 47.0 Å². The molecule has 0 saturated heterocycles. The maximum Gasteiger partial charge on any atom is 0.146 e. The summed E-state index contributed by atoms with van der Waals surface area (Å²) in [5.74, 6) is 0.327. The minimum absolute atomic E-state index is 0.00604. The maximum absolute atomic E-state index is 11.3. The highest BCUT2D eigenvalue weighted by Gasteiger charge is 2.15. The molecule has 15 heavy (non-hydrogen) atoms. The van der Waals surface area contributed by atoms with Gasteiger partial charge in [-0.05, 0) is 20.3 Å². The zero-order valence-corrected chi connectivity index (χ0v) is 10.3. The van der Waals surface area contributed by atoms with Gasteiger partial charge in [0.25, 0.3) is 0 Å². The SMILES string of the molecule is CCCC[C@@H](NC[C@H](C)C(C)=O)C(C)=O. The van der Waals surface area contributed by atoms with E-state index in [4.69, 9.17) is 0 Å². The summed E-state index contributed by atoms with van der Waals surface area (Å²) in [5, 5.41) is 3.16. The highest BCUT2D eigenvalue weighted by Crippen LogP contribution is 2.03. The molecule has 1 N–H and O–H groups in total. The predicted octanol–water partition coefficient (Wildman–Crippen LogP) is 1.95. The first-order valence-electron chi connectivity index (χ1n) is 5.73. The van der Waals surface area contributed by atoms with Crippen LogP contribution in [0.5, 0.6) is 0 Å². The van der Waals surface area contributed by atoms with Gasteiger partial charge in [-0.15, -0.1) is 0 Å². The van der Waals surface area contributed by atoms with Gasteiger partial charge in [-0.2, -0.15) is 0 Å². The fourth-order valence-corrected chi connectivity index (χ4v) is 1.32. The number of Topliss-reactive ketones (excluding diaryl/α,β-unsaturated/α-hetero) is 2. The van der Waals surface area contributed by atoms with Crippen LogP contribution in [-0.4, -0.2) is 24.2 Å². The van der Waals surface area contributed by atoms with E-state index in [-0.39, 0.29) is 23.5 Å². The van der Waals surface area contributed by atoms with Gasteiger partial charge in [0.15, 0.2) is 0 Å².